The number of hydrogen-bond donors (Lipinski definition) is 0. The van der Waals surface area contributed by atoms with E-state index in [1.165, 1.54) is 0 Å². The third kappa shape index (κ3) is 8.22. The Morgan fingerprint density at radius 1 is 1.29 bits per heavy atom. The molecule has 0 aromatic rings. The number of carbonyl (C=O) groups is 1. The minimum atomic E-state index is -0.478. The molecule has 1 aliphatic carbocycles. The molecule has 0 N–H and O–H groups in total. The number of carbonyl (C=O) groups excluding carboxylic acids is 1. The van der Waals surface area contributed by atoms with E-state index in [-0.39, 0.29) is 12.1 Å². The van der Waals surface area contributed by atoms with Crippen molar-refractivity contribution in [3.8, 4) is 0 Å². The van der Waals surface area contributed by atoms with Gasteiger partial charge in [-0.1, -0.05) is 39.3 Å². The first-order valence-electron chi connectivity index (χ1n) is 5.70. The third-order valence-electron chi connectivity index (χ3n) is 1.65. The van der Waals surface area contributed by atoms with E-state index in [2.05, 4.69) is 0 Å². The second-order valence-electron chi connectivity index (χ2n) is 2.78. The van der Waals surface area contributed by atoms with Crippen molar-refractivity contribution in [1.29, 1.82) is 0 Å². The minimum absolute atomic E-state index is 0.162. The summed E-state index contributed by atoms with van der Waals surface area (Å²) in [5.74, 6) is 0. The van der Waals surface area contributed by atoms with Gasteiger partial charge >= 0.3 is 0 Å². The lowest BCUT2D eigenvalue weighted by molar-refractivity contribution is -0.108. The quantitative estimate of drug-likeness (QED) is 0.613. The minimum Gasteiger partial charge on any atom is -0.276 e. The summed E-state index contributed by atoms with van der Waals surface area (Å²) < 4.78 is 12.2. The Kier molecular flexibility index (Phi) is 13.2. The molecular weight excluding hydrogens is 259 g/mol. The van der Waals surface area contributed by atoms with Gasteiger partial charge in [-0.15, -0.1) is 0 Å². The second-order valence-corrected chi connectivity index (χ2v) is 3.75. The summed E-state index contributed by atoms with van der Waals surface area (Å²) >= 11 is 5.48. The van der Waals surface area contributed by atoms with E-state index in [1.54, 1.807) is 18.2 Å². The van der Waals surface area contributed by atoms with Crippen molar-refractivity contribution < 1.29 is 8.68 Å². The van der Waals surface area contributed by atoms with Crippen LogP contribution in [0.4, 0.5) is 3.89 Å². The predicted octanol–water partition coefficient (Wildman–Crippen LogP) is 5.58. The summed E-state index contributed by atoms with van der Waals surface area (Å²) in [7, 11) is 0. The lowest BCUT2D eigenvalue weighted by atomic mass is 10.1. The molecule has 0 aromatic heterocycles. The van der Waals surface area contributed by atoms with Gasteiger partial charge < -0.3 is 0 Å². The molecule has 1 aliphatic rings. The molecule has 0 unspecified atom stereocenters. The lowest BCUT2D eigenvalue weighted by Crippen LogP contribution is -1.92. The van der Waals surface area contributed by atoms with E-state index < -0.39 is 5.24 Å². The first kappa shape index (κ1) is 18.8. The highest BCUT2D eigenvalue weighted by atomic mass is 35.5. The summed E-state index contributed by atoms with van der Waals surface area (Å²) in [6, 6.07) is 0. The molecule has 0 radical (unpaired) electrons. The summed E-state index contributed by atoms with van der Waals surface area (Å²) in [4.78, 5) is 11.3. The van der Waals surface area contributed by atoms with Crippen LogP contribution in [-0.2, 0) is 4.79 Å². The lowest BCUT2D eigenvalue weighted by Gasteiger charge is -1.98. The SMILES string of the molecule is CC.CC.CC1=CC(SF)=CC=C(C(=O)Cl)C1. The van der Waals surface area contributed by atoms with Crippen LogP contribution < -0.4 is 0 Å². The normalized spacial score (nSPS) is 13.7. The Balaban J connectivity index is 0. The van der Waals surface area contributed by atoms with Gasteiger partial charge in [-0.25, -0.2) is 0 Å². The second kappa shape index (κ2) is 11.9. The van der Waals surface area contributed by atoms with Crippen molar-refractivity contribution in [2.24, 2.45) is 0 Å². The largest absolute Gasteiger partial charge is 0.276 e. The van der Waals surface area contributed by atoms with Crippen LogP contribution in [-0.4, -0.2) is 5.24 Å². The van der Waals surface area contributed by atoms with Gasteiger partial charge in [0, 0.05) is 10.5 Å². The molecule has 0 heterocycles. The van der Waals surface area contributed by atoms with Crippen LogP contribution in [0.2, 0.25) is 0 Å². The Bertz CT molecular complexity index is 319. The Morgan fingerprint density at radius 3 is 2.24 bits per heavy atom. The van der Waals surface area contributed by atoms with Crippen LogP contribution in [0.3, 0.4) is 0 Å². The summed E-state index contributed by atoms with van der Waals surface area (Å²) in [6.07, 6.45) is 5.30. The van der Waals surface area contributed by atoms with Crippen LogP contribution in [0, 0.1) is 0 Å². The zero-order valence-electron chi connectivity index (χ0n) is 11.0. The van der Waals surface area contributed by atoms with E-state index in [0.29, 0.717) is 16.9 Å². The van der Waals surface area contributed by atoms with Gasteiger partial charge in [0.05, 0.1) is 12.1 Å². The standard InChI is InChI=1S/C9H8ClFOS.2C2H6/c1-6-4-7(9(10)12)2-3-8(5-6)13-11;2*1-2/h2-3,5H,4H2,1H3;2*1-2H3. The van der Waals surface area contributed by atoms with E-state index in [4.69, 9.17) is 11.6 Å². The first-order valence-corrected chi connectivity index (χ1v) is 6.79. The molecule has 1 nitrogen and oxygen atoms in total. The maximum Gasteiger partial charge on any atom is 0.248 e. The van der Waals surface area contributed by atoms with Crippen LogP contribution in [0.5, 0.6) is 0 Å². The zero-order chi connectivity index (χ0) is 13.8. The molecule has 0 amide bonds. The fourth-order valence-electron chi connectivity index (χ4n) is 1.07. The number of allylic oxidation sites excluding steroid dienone is 5. The average Bonchev–Trinajstić information content (AvgIpc) is 2.56. The van der Waals surface area contributed by atoms with Gasteiger partial charge in [0.25, 0.3) is 0 Å². The topological polar surface area (TPSA) is 17.1 Å². The van der Waals surface area contributed by atoms with Crippen molar-refractivity contribution in [1.82, 2.24) is 0 Å². The van der Waals surface area contributed by atoms with Crippen molar-refractivity contribution in [3.63, 3.8) is 0 Å². The molecule has 0 atom stereocenters. The monoisotopic (exact) mass is 278 g/mol. The highest BCUT2D eigenvalue weighted by molar-refractivity contribution is 7.98. The van der Waals surface area contributed by atoms with Gasteiger partial charge in [-0.05, 0) is 37.1 Å². The van der Waals surface area contributed by atoms with Crippen LogP contribution in [0.25, 0.3) is 0 Å². The number of rotatable bonds is 2. The zero-order valence-corrected chi connectivity index (χ0v) is 12.6. The summed E-state index contributed by atoms with van der Waals surface area (Å²) in [6.45, 7) is 9.84. The van der Waals surface area contributed by atoms with Gasteiger partial charge in [0.1, 0.15) is 0 Å². The van der Waals surface area contributed by atoms with Crippen molar-refractivity contribution >= 4 is 29.0 Å². The molecule has 98 valence electrons. The third-order valence-corrected chi connectivity index (χ3v) is 2.32. The van der Waals surface area contributed by atoms with E-state index in [9.17, 15) is 8.68 Å². The highest BCUT2D eigenvalue weighted by Gasteiger charge is 2.09. The molecular formula is C13H20ClFOS. The van der Waals surface area contributed by atoms with Crippen molar-refractivity contribution in [2.45, 2.75) is 41.0 Å². The molecule has 4 heteroatoms. The van der Waals surface area contributed by atoms with E-state index >= 15 is 0 Å². The van der Waals surface area contributed by atoms with E-state index in [0.717, 1.165) is 5.57 Å². The average molecular weight is 279 g/mol. The van der Waals surface area contributed by atoms with Crippen LogP contribution >= 0.6 is 23.7 Å². The van der Waals surface area contributed by atoms with E-state index in [1.807, 2.05) is 34.6 Å². The fourth-order valence-corrected chi connectivity index (χ4v) is 1.56. The molecule has 17 heavy (non-hydrogen) atoms. The molecule has 0 spiro atoms. The molecule has 0 bridgehead atoms. The summed E-state index contributed by atoms with van der Waals surface area (Å²) in [5.41, 5.74) is 1.42. The Labute approximate surface area is 113 Å². The predicted molar refractivity (Wildman–Crippen MR) is 76.8 cm³/mol. The smallest absolute Gasteiger partial charge is 0.248 e. The maximum atomic E-state index is 12.2. The van der Waals surface area contributed by atoms with Gasteiger partial charge in [-0.2, -0.15) is 3.89 Å². The number of halogens is 2. The van der Waals surface area contributed by atoms with Gasteiger partial charge in [-0.3, -0.25) is 4.79 Å². The maximum absolute atomic E-state index is 12.2. The van der Waals surface area contributed by atoms with Crippen LogP contribution in [0.1, 0.15) is 41.0 Å². The first-order chi connectivity index (χ1) is 8.13. The Morgan fingerprint density at radius 2 is 1.82 bits per heavy atom. The van der Waals surface area contributed by atoms with Crippen molar-refractivity contribution in [2.75, 3.05) is 0 Å². The highest BCUT2D eigenvalue weighted by Crippen LogP contribution is 2.26. The van der Waals surface area contributed by atoms with Gasteiger partial charge in [0.2, 0.25) is 5.24 Å². The molecule has 0 aliphatic heterocycles. The summed E-state index contributed by atoms with van der Waals surface area (Å²) in [5, 5.41) is -0.478. The molecule has 0 aromatic carbocycles. The molecule has 0 saturated heterocycles. The number of hydrogen-bond acceptors (Lipinski definition) is 2. The molecule has 0 saturated carbocycles. The Hall–Kier alpha value is -0.540. The van der Waals surface area contributed by atoms with Gasteiger partial charge in [0.15, 0.2) is 0 Å². The van der Waals surface area contributed by atoms with Crippen LogP contribution in [0.15, 0.2) is 34.3 Å². The molecule has 1 rings (SSSR count). The molecule has 0 fully saturated rings. The fraction of sp³-hybridized carbons (Fsp3) is 0.462. The van der Waals surface area contributed by atoms with Crippen molar-refractivity contribution in [3.05, 3.63) is 34.3 Å².